The maximum Gasteiger partial charge on any atom is 0.417 e. The average molecular weight is 642 g/mol. The number of halogens is 3. The van der Waals surface area contributed by atoms with E-state index in [9.17, 15) is 27.9 Å². The minimum atomic E-state index is -4.65. The molecular weight excluding hydrogens is 603 g/mol. The van der Waals surface area contributed by atoms with E-state index in [4.69, 9.17) is 14.2 Å². The van der Waals surface area contributed by atoms with Crippen LogP contribution in [0.25, 0.3) is 11.1 Å². The van der Waals surface area contributed by atoms with Crippen LogP contribution < -0.4 is 4.74 Å². The molecule has 0 bridgehead atoms. The third-order valence-electron chi connectivity index (χ3n) is 8.72. The Kier molecular flexibility index (Phi) is 9.69. The summed E-state index contributed by atoms with van der Waals surface area (Å²) in [6.07, 6.45) is -0.493. The molecule has 0 radical (unpaired) electrons. The number of rotatable bonds is 8. The Morgan fingerprint density at radius 3 is 2.41 bits per heavy atom. The van der Waals surface area contributed by atoms with Crippen LogP contribution in [0.5, 0.6) is 5.88 Å². The van der Waals surface area contributed by atoms with Gasteiger partial charge in [0, 0.05) is 36.7 Å². The van der Waals surface area contributed by atoms with E-state index in [1.165, 1.54) is 12.0 Å². The number of pyridine rings is 2. The van der Waals surface area contributed by atoms with Gasteiger partial charge in [-0.25, -0.2) is 9.78 Å². The van der Waals surface area contributed by atoms with Crippen molar-refractivity contribution in [1.29, 1.82) is 0 Å². The van der Waals surface area contributed by atoms with Crippen LogP contribution in [0.2, 0.25) is 0 Å². The minimum absolute atomic E-state index is 0.0402. The molecule has 4 heterocycles. The monoisotopic (exact) mass is 641 g/mol. The van der Waals surface area contributed by atoms with Crippen molar-refractivity contribution >= 4 is 11.9 Å². The molecule has 1 N–H and O–H groups in total. The normalized spacial score (nSPS) is 23.7. The van der Waals surface area contributed by atoms with Crippen LogP contribution in [-0.2, 0) is 31.8 Å². The van der Waals surface area contributed by atoms with Crippen LogP contribution in [-0.4, -0.2) is 63.8 Å². The highest BCUT2D eigenvalue weighted by molar-refractivity contribution is 5.88. The van der Waals surface area contributed by atoms with E-state index in [-0.39, 0.29) is 18.1 Å². The Bertz CT molecular complexity index is 1540. The summed E-state index contributed by atoms with van der Waals surface area (Å²) in [4.78, 5) is 37.0. The molecule has 12 heteroatoms. The fourth-order valence-corrected chi connectivity index (χ4v) is 6.69. The molecule has 3 aromatic rings. The van der Waals surface area contributed by atoms with Gasteiger partial charge in [-0.1, -0.05) is 45.0 Å². The number of benzene rings is 1. The standard InChI is InChI=1S/C34H38F3N3O6/c1-33(2,3)26-28(32(42)43)40(31(41)25-11-7-8-16-45-25)27(24-10-6-5-9-23(24)20-12-14-38-15-13-20)29(26)46-19-21-17-22(34(35,36)37)18-39-30(21)44-4/h5-6,9-10,12-15,17-18,25-29H,7-8,11,16,19H2,1-4H3,(H,42,43)/t25-,26+,27-,28-,29-/m0/s1. The summed E-state index contributed by atoms with van der Waals surface area (Å²) in [6.45, 7) is 5.61. The predicted octanol–water partition coefficient (Wildman–Crippen LogP) is 6.32. The zero-order valence-corrected chi connectivity index (χ0v) is 26.2. The van der Waals surface area contributed by atoms with Crippen molar-refractivity contribution in [2.75, 3.05) is 13.7 Å². The number of amides is 1. The SMILES string of the molecule is COc1ncc(C(F)(F)F)cc1CO[C@H]1[C@H](C(C)(C)C)[C@@H](C(=O)O)N(C(=O)[C@@H]2CCCCO2)[C@H]1c1ccccc1-c1ccncc1. The highest BCUT2D eigenvalue weighted by atomic mass is 19.4. The van der Waals surface area contributed by atoms with E-state index in [1.54, 1.807) is 18.5 Å². The van der Waals surface area contributed by atoms with E-state index >= 15 is 0 Å². The van der Waals surface area contributed by atoms with Crippen LogP contribution in [0.4, 0.5) is 13.2 Å². The van der Waals surface area contributed by atoms with E-state index in [2.05, 4.69) is 9.97 Å². The Morgan fingerprint density at radius 1 is 1.09 bits per heavy atom. The molecule has 9 nitrogen and oxygen atoms in total. The lowest BCUT2D eigenvalue weighted by atomic mass is 9.73. The number of carboxylic acid groups (broad SMARTS) is 1. The molecule has 2 aliphatic rings. The van der Waals surface area contributed by atoms with Gasteiger partial charge < -0.3 is 24.2 Å². The largest absolute Gasteiger partial charge is 0.481 e. The average Bonchev–Trinajstić information content (AvgIpc) is 3.39. The van der Waals surface area contributed by atoms with Crippen LogP contribution in [0, 0.1) is 11.3 Å². The van der Waals surface area contributed by atoms with Crippen molar-refractivity contribution < 1.29 is 42.1 Å². The second-order valence-electron chi connectivity index (χ2n) is 12.7. The molecule has 2 saturated heterocycles. The number of aromatic nitrogens is 2. The summed E-state index contributed by atoms with van der Waals surface area (Å²) >= 11 is 0. The van der Waals surface area contributed by atoms with Crippen LogP contribution in [0.15, 0.2) is 61.1 Å². The van der Waals surface area contributed by atoms with Gasteiger partial charge >= 0.3 is 12.1 Å². The lowest BCUT2D eigenvalue weighted by Gasteiger charge is -2.35. The van der Waals surface area contributed by atoms with Crippen LogP contribution >= 0.6 is 0 Å². The maximum absolute atomic E-state index is 14.4. The molecule has 1 aromatic carbocycles. The molecule has 1 amide bonds. The number of nitrogens with zero attached hydrogens (tertiary/aromatic N) is 3. The second kappa shape index (κ2) is 13.4. The first-order valence-electron chi connectivity index (χ1n) is 15.2. The van der Waals surface area contributed by atoms with Crippen LogP contribution in [0.3, 0.4) is 0 Å². The van der Waals surface area contributed by atoms with Gasteiger partial charge in [0.25, 0.3) is 5.91 Å². The molecule has 2 fully saturated rings. The fourth-order valence-electron chi connectivity index (χ4n) is 6.69. The predicted molar refractivity (Wildman–Crippen MR) is 162 cm³/mol. The minimum Gasteiger partial charge on any atom is -0.481 e. The molecule has 0 unspecified atom stereocenters. The third-order valence-corrected chi connectivity index (χ3v) is 8.72. The molecular formula is C34H38F3N3O6. The van der Waals surface area contributed by atoms with Gasteiger partial charge in [-0.05, 0) is 59.6 Å². The summed E-state index contributed by atoms with van der Waals surface area (Å²) in [7, 11) is 1.30. The first-order valence-corrected chi connectivity index (χ1v) is 15.2. The fraction of sp³-hybridized carbons (Fsp3) is 0.471. The van der Waals surface area contributed by atoms with Gasteiger partial charge in [0.1, 0.15) is 12.1 Å². The number of carbonyl (C=O) groups excluding carboxylic acids is 1. The smallest absolute Gasteiger partial charge is 0.417 e. The molecule has 0 saturated carbocycles. The highest BCUT2D eigenvalue weighted by Crippen LogP contribution is 2.52. The number of hydrogen-bond donors (Lipinski definition) is 1. The molecule has 5 atom stereocenters. The molecule has 46 heavy (non-hydrogen) atoms. The van der Waals surface area contributed by atoms with Crippen molar-refractivity contribution in [3.05, 3.63) is 77.7 Å². The van der Waals surface area contributed by atoms with Gasteiger partial charge in [0.2, 0.25) is 5.88 Å². The second-order valence-corrected chi connectivity index (χ2v) is 12.7. The number of likely N-dealkylation sites (tertiary alicyclic amines) is 1. The van der Waals surface area contributed by atoms with Gasteiger partial charge in [0.15, 0.2) is 0 Å². The van der Waals surface area contributed by atoms with Crippen molar-refractivity contribution in [3.8, 4) is 17.0 Å². The Balaban J connectivity index is 1.69. The van der Waals surface area contributed by atoms with Crippen molar-refractivity contribution in [2.24, 2.45) is 11.3 Å². The zero-order valence-electron chi connectivity index (χ0n) is 26.2. The Labute approximate surface area is 265 Å². The molecule has 0 aliphatic carbocycles. The number of methoxy groups -OCH3 is 1. The van der Waals surface area contributed by atoms with Crippen molar-refractivity contribution in [2.45, 2.75) is 77.1 Å². The molecule has 246 valence electrons. The number of carbonyl (C=O) groups is 2. The lowest BCUT2D eigenvalue weighted by molar-refractivity contribution is -0.159. The van der Waals surface area contributed by atoms with E-state index in [1.807, 2.05) is 51.1 Å². The number of hydrogen-bond acceptors (Lipinski definition) is 7. The summed E-state index contributed by atoms with van der Waals surface area (Å²) in [5.41, 5.74) is 0.507. The molecule has 2 aliphatic heterocycles. The third kappa shape index (κ3) is 6.73. The van der Waals surface area contributed by atoms with E-state index < -0.39 is 59.2 Å². The highest BCUT2D eigenvalue weighted by Gasteiger charge is 2.60. The molecule has 0 spiro atoms. The number of aliphatic carboxylic acids is 1. The van der Waals surface area contributed by atoms with E-state index in [0.717, 1.165) is 30.0 Å². The molecule has 5 rings (SSSR count). The first kappa shape index (κ1) is 33.3. The number of ether oxygens (including phenoxy) is 3. The van der Waals surface area contributed by atoms with Crippen LogP contribution in [0.1, 0.15) is 62.8 Å². The first-order chi connectivity index (χ1) is 21.8. The van der Waals surface area contributed by atoms with E-state index in [0.29, 0.717) is 24.8 Å². The van der Waals surface area contributed by atoms with Gasteiger partial charge in [-0.15, -0.1) is 0 Å². The van der Waals surface area contributed by atoms with Gasteiger partial charge in [-0.2, -0.15) is 13.2 Å². The van der Waals surface area contributed by atoms with Crippen molar-refractivity contribution in [1.82, 2.24) is 14.9 Å². The summed E-state index contributed by atoms with van der Waals surface area (Å²) in [5.74, 6) is -2.50. The topological polar surface area (TPSA) is 111 Å². The summed E-state index contributed by atoms with van der Waals surface area (Å²) in [6, 6.07) is 9.64. The zero-order chi connectivity index (χ0) is 33.2. The Hall–Kier alpha value is -4.03. The van der Waals surface area contributed by atoms with Gasteiger partial charge in [-0.3, -0.25) is 9.78 Å². The summed E-state index contributed by atoms with van der Waals surface area (Å²) in [5, 5.41) is 10.8. The lowest BCUT2D eigenvalue weighted by Crippen LogP contribution is -2.51. The summed E-state index contributed by atoms with van der Waals surface area (Å²) < 4.78 is 58.7. The maximum atomic E-state index is 14.4. The van der Waals surface area contributed by atoms with Crippen molar-refractivity contribution in [3.63, 3.8) is 0 Å². The molecule has 2 aromatic heterocycles. The Morgan fingerprint density at radius 2 is 1.80 bits per heavy atom. The number of alkyl halides is 3. The number of carboxylic acids is 1. The quantitative estimate of drug-likeness (QED) is 0.304. The van der Waals surface area contributed by atoms with Gasteiger partial charge in [0.05, 0.1) is 31.4 Å².